The Morgan fingerprint density at radius 2 is 2.15 bits per heavy atom. The summed E-state index contributed by atoms with van der Waals surface area (Å²) in [5.74, 6) is 4.81. The van der Waals surface area contributed by atoms with Crippen LogP contribution in [0.2, 0.25) is 0 Å². The summed E-state index contributed by atoms with van der Waals surface area (Å²) in [4.78, 5) is 0. The lowest BCUT2D eigenvalue weighted by Gasteiger charge is -2.43. The number of nitrogens with one attached hydrogen (secondary N) is 1. The Balaban J connectivity index is 2.03. The molecule has 0 aromatic carbocycles. The van der Waals surface area contributed by atoms with Crippen molar-refractivity contribution in [2.45, 2.75) is 65.0 Å². The van der Waals surface area contributed by atoms with Crippen LogP contribution in [0, 0.1) is 17.8 Å². The van der Waals surface area contributed by atoms with E-state index in [0.717, 1.165) is 30.9 Å². The van der Waals surface area contributed by atoms with Gasteiger partial charge in [0.05, 0.1) is 5.60 Å². The molecule has 2 nitrogen and oxygen atoms in total. The van der Waals surface area contributed by atoms with Crippen LogP contribution in [0.3, 0.4) is 0 Å². The third-order valence-corrected chi connectivity index (χ3v) is 6.58. The van der Waals surface area contributed by atoms with Crippen molar-refractivity contribution in [3.8, 4) is 0 Å². The fraction of sp³-hybridized carbons (Fsp3) is 1.00. The van der Waals surface area contributed by atoms with Crippen LogP contribution >= 0.6 is 11.8 Å². The topological polar surface area (TPSA) is 21.3 Å². The molecule has 1 N–H and O–H groups in total. The molecule has 2 rings (SSSR count). The number of rotatable bonds is 6. The zero-order valence-electron chi connectivity index (χ0n) is 13.8. The van der Waals surface area contributed by atoms with Gasteiger partial charge in [-0.15, -0.1) is 0 Å². The molecule has 2 fully saturated rings. The SMILES string of the molecule is CCCNC(C1CCOC2(CCSC2)C1)C(C)C(C)C. The zero-order chi connectivity index (χ0) is 14.6. The second-order valence-corrected chi connectivity index (χ2v) is 8.28. The van der Waals surface area contributed by atoms with Gasteiger partial charge in [-0.25, -0.2) is 0 Å². The number of hydrogen-bond acceptors (Lipinski definition) is 3. The molecule has 4 atom stereocenters. The average Bonchev–Trinajstić information content (AvgIpc) is 2.87. The van der Waals surface area contributed by atoms with E-state index in [1.807, 2.05) is 0 Å². The Hall–Kier alpha value is 0.270. The average molecular weight is 300 g/mol. The van der Waals surface area contributed by atoms with Crippen LogP contribution in [-0.2, 0) is 4.74 Å². The van der Waals surface area contributed by atoms with Crippen LogP contribution in [0.4, 0.5) is 0 Å². The fourth-order valence-electron chi connectivity index (χ4n) is 3.74. The number of ether oxygens (including phenoxy) is 1. The standard InChI is InChI=1S/C17H33NOS/c1-5-8-18-16(14(4)13(2)3)15-6-9-19-17(11-15)7-10-20-12-17/h13-16,18H,5-12H2,1-4H3. The molecule has 1 spiro atoms. The van der Waals surface area contributed by atoms with Crippen LogP contribution in [-0.4, -0.2) is 36.3 Å². The largest absolute Gasteiger partial charge is 0.374 e. The minimum atomic E-state index is 0.219. The van der Waals surface area contributed by atoms with E-state index in [2.05, 4.69) is 44.8 Å². The molecule has 0 amide bonds. The van der Waals surface area contributed by atoms with Crippen molar-refractivity contribution in [1.82, 2.24) is 5.32 Å². The summed E-state index contributed by atoms with van der Waals surface area (Å²) in [6.45, 7) is 11.6. The maximum atomic E-state index is 6.20. The lowest BCUT2D eigenvalue weighted by molar-refractivity contribution is -0.0891. The highest BCUT2D eigenvalue weighted by Gasteiger charge is 2.43. The van der Waals surface area contributed by atoms with Gasteiger partial charge in [-0.3, -0.25) is 0 Å². The van der Waals surface area contributed by atoms with Gasteiger partial charge in [0.15, 0.2) is 0 Å². The van der Waals surface area contributed by atoms with Crippen molar-refractivity contribution in [2.75, 3.05) is 24.7 Å². The Morgan fingerprint density at radius 1 is 1.35 bits per heavy atom. The summed E-state index contributed by atoms with van der Waals surface area (Å²) >= 11 is 2.08. The van der Waals surface area contributed by atoms with Crippen molar-refractivity contribution in [1.29, 1.82) is 0 Å². The molecule has 0 radical (unpaired) electrons. The second kappa shape index (κ2) is 7.51. The van der Waals surface area contributed by atoms with Crippen molar-refractivity contribution in [3.63, 3.8) is 0 Å². The minimum absolute atomic E-state index is 0.219. The van der Waals surface area contributed by atoms with E-state index in [1.54, 1.807) is 0 Å². The zero-order valence-corrected chi connectivity index (χ0v) is 14.6. The van der Waals surface area contributed by atoms with Crippen LogP contribution in [0.5, 0.6) is 0 Å². The highest BCUT2D eigenvalue weighted by molar-refractivity contribution is 7.99. The Morgan fingerprint density at radius 3 is 2.75 bits per heavy atom. The molecule has 4 unspecified atom stereocenters. The van der Waals surface area contributed by atoms with Gasteiger partial charge in [0, 0.05) is 18.4 Å². The van der Waals surface area contributed by atoms with E-state index in [-0.39, 0.29) is 5.60 Å². The van der Waals surface area contributed by atoms with Crippen molar-refractivity contribution in [2.24, 2.45) is 17.8 Å². The van der Waals surface area contributed by atoms with Crippen LogP contribution in [0.15, 0.2) is 0 Å². The summed E-state index contributed by atoms with van der Waals surface area (Å²) < 4.78 is 6.20. The lowest BCUT2D eigenvalue weighted by atomic mass is 9.74. The van der Waals surface area contributed by atoms with E-state index >= 15 is 0 Å². The molecule has 2 saturated heterocycles. The van der Waals surface area contributed by atoms with Crippen molar-refractivity contribution < 1.29 is 4.74 Å². The van der Waals surface area contributed by atoms with Gasteiger partial charge >= 0.3 is 0 Å². The minimum Gasteiger partial charge on any atom is -0.374 e. The summed E-state index contributed by atoms with van der Waals surface area (Å²) in [5.41, 5.74) is 0.219. The van der Waals surface area contributed by atoms with Gasteiger partial charge in [0.25, 0.3) is 0 Å². The third kappa shape index (κ3) is 3.92. The van der Waals surface area contributed by atoms with Gasteiger partial charge in [-0.1, -0.05) is 27.7 Å². The lowest BCUT2D eigenvalue weighted by Crippen LogP contribution is -2.50. The molecule has 20 heavy (non-hydrogen) atoms. The maximum absolute atomic E-state index is 6.20. The van der Waals surface area contributed by atoms with Gasteiger partial charge < -0.3 is 10.1 Å². The van der Waals surface area contributed by atoms with E-state index in [0.29, 0.717) is 6.04 Å². The predicted octanol–water partition coefficient (Wildman–Crippen LogP) is 3.95. The normalized spacial score (nSPS) is 33.8. The van der Waals surface area contributed by atoms with E-state index in [9.17, 15) is 0 Å². The molecule has 2 aliphatic heterocycles. The maximum Gasteiger partial charge on any atom is 0.0783 e. The molecule has 0 aliphatic carbocycles. The molecular formula is C17H33NOS. The molecule has 0 bridgehead atoms. The van der Waals surface area contributed by atoms with E-state index in [4.69, 9.17) is 4.74 Å². The molecule has 0 aromatic heterocycles. The first kappa shape index (κ1) is 16.6. The molecule has 0 saturated carbocycles. The Kier molecular flexibility index (Phi) is 6.25. The molecular weight excluding hydrogens is 266 g/mol. The molecule has 2 heterocycles. The van der Waals surface area contributed by atoms with Crippen LogP contribution < -0.4 is 5.32 Å². The first-order chi connectivity index (χ1) is 9.58. The second-order valence-electron chi connectivity index (χ2n) is 7.17. The van der Waals surface area contributed by atoms with Crippen molar-refractivity contribution in [3.05, 3.63) is 0 Å². The molecule has 2 aliphatic rings. The van der Waals surface area contributed by atoms with Crippen LogP contribution in [0.1, 0.15) is 53.4 Å². The van der Waals surface area contributed by atoms with Crippen LogP contribution in [0.25, 0.3) is 0 Å². The summed E-state index contributed by atoms with van der Waals surface area (Å²) in [5, 5.41) is 3.86. The summed E-state index contributed by atoms with van der Waals surface area (Å²) in [6, 6.07) is 0.668. The first-order valence-corrected chi connectivity index (χ1v) is 9.68. The number of hydrogen-bond donors (Lipinski definition) is 1. The van der Waals surface area contributed by atoms with Crippen molar-refractivity contribution >= 4 is 11.8 Å². The Bertz CT molecular complexity index is 289. The molecule has 3 heteroatoms. The highest BCUT2D eigenvalue weighted by Crippen LogP contribution is 2.42. The molecule has 0 aromatic rings. The quantitative estimate of drug-likeness (QED) is 0.802. The third-order valence-electron chi connectivity index (χ3n) is 5.35. The van der Waals surface area contributed by atoms with Gasteiger partial charge in [-0.05, 0) is 55.7 Å². The Labute approximate surface area is 129 Å². The summed E-state index contributed by atoms with van der Waals surface area (Å²) in [7, 11) is 0. The van der Waals surface area contributed by atoms with Gasteiger partial charge in [0.2, 0.25) is 0 Å². The predicted molar refractivity (Wildman–Crippen MR) is 89.4 cm³/mol. The van der Waals surface area contributed by atoms with Gasteiger partial charge in [-0.2, -0.15) is 11.8 Å². The molecule has 118 valence electrons. The highest BCUT2D eigenvalue weighted by atomic mass is 32.2. The smallest absolute Gasteiger partial charge is 0.0783 e. The van der Waals surface area contributed by atoms with E-state index in [1.165, 1.54) is 37.2 Å². The fourth-order valence-corrected chi connectivity index (χ4v) is 5.12. The van der Waals surface area contributed by atoms with E-state index < -0.39 is 0 Å². The first-order valence-electron chi connectivity index (χ1n) is 8.53. The monoisotopic (exact) mass is 299 g/mol. The van der Waals surface area contributed by atoms with Gasteiger partial charge in [0.1, 0.15) is 0 Å². The number of thioether (sulfide) groups is 1. The summed E-state index contributed by atoms with van der Waals surface area (Å²) in [6.07, 6.45) is 5.01.